The molecule has 0 unspecified atom stereocenters. The molecule has 3 N–H and O–H groups in total. The number of halogens is 3. The summed E-state index contributed by atoms with van der Waals surface area (Å²) in [6, 6.07) is 4.99. The minimum Gasteiger partial charge on any atom is -0.507 e. The van der Waals surface area contributed by atoms with Crippen LogP contribution in [0.5, 0.6) is 11.5 Å². The summed E-state index contributed by atoms with van der Waals surface area (Å²) in [6.07, 6.45) is -4.61. The van der Waals surface area contributed by atoms with Crippen LogP contribution in [0.3, 0.4) is 0 Å². The molecular formula is C14H15F3N4O2. The van der Waals surface area contributed by atoms with Crippen LogP contribution >= 0.6 is 0 Å². The van der Waals surface area contributed by atoms with Gasteiger partial charge in [-0.1, -0.05) is 6.07 Å². The molecule has 2 rings (SSSR count). The largest absolute Gasteiger partial charge is 0.507 e. The maximum absolute atomic E-state index is 12.9. The van der Waals surface area contributed by atoms with Crippen molar-refractivity contribution in [2.24, 2.45) is 0 Å². The van der Waals surface area contributed by atoms with Crippen LogP contribution in [0.4, 0.5) is 24.9 Å². The molecule has 0 saturated heterocycles. The highest BCUT2D eigenvalue weighted by Gasteiger charge is 2.34. The monoisotopic (exact) mass is 328 g/mol. The van der Waals surface area contributed by atoms with Gasteiger partial charge in [0.2, 0.25) is 5.95 Å². The van der Waals surface area contributed by atoms with E-state index in [9.17, 15) is 23.4 Å². The fraction of sp³-hybridized carbons (Fsp3) is 0.286. The van der Waals surface area contributed by atoms with Crippen molar-refractivity contribution in [3.05, 3.63) is 35.5 Å². The fourth-order valence-corrected chi connectivity index (χ4v) is 1.80. The molecule has 0 aliphatic carbocycles. The summed E-state index contributed by atoms with van der Waals surface area (Å²) in [4.78, 5) is 8.80. The number of aromatic hydroxyl groups is 2. The molecule has 1 aromatic heterocycles. The van der Waals surface area contributed by atoms with Crippen LogP contribution in [0.25, 0.3) is 0 Å². The predicted molar refractivity (Wildman–Crippen MR) is 78.5 cm³/mol. The topological polar surface area (TPSA) is 81.5 Å². The predicted octanol–water partition coefficient (Wildman–Crippen LogP) is 2.58. The second-order valence-corrected chi connectivity index (χ2v) is 4.96. The number of alkyl halides is 3. The van der Waals surface area contributed by atoms with Crippen molar-refractivity contribution in [2.45, 2.75) is 12.7 Å². The summed E-state index contributed by atoms with van der Waals surface area (Å²) in [6.45, 7) is -0.132. The van der Waals surface area contributed by atoms with E-state index in [1.807, 2.05) is 0 Å². The van der Waals surface area contributed by atoms with Gasteiger partial charge in [0.25, 0.3) is 0 Å². The van der Waals surface area contributed by atoms with Crippen LogP contribution in [-0.4, -0.2) is 34.3 Å². The summed E-state index contributed by atoms with van der Waals surface area (Å²) in [5.74, 6) is -0.544. The van der Waals surface area contributed by atoms with Gasteiger partial charge < -0.3 is 20.4 Å². The van der Waals surface area contributed by atoms with Gasteiger partial charge in [-0.2, -0.15) is 18.2 Å². The zero-order chi connectivity index (χ0) is 17.2. The lowest BCUT2D eigenvalue weighted by Crippen LogP contribution is -2.17. The van der Waals surface area contributed by atoms with Crippen LogP contribution in [0.2, 0.25) is 0 Å². The van der Waals surface area contributed by atoms with Crippen LogP contribution in [-0.2, 0) is 12.7 Å². The standard InChI is InChI=1S/C14H15F3N4O2/c1-21(2)12-6-11(14(15,16)17)19-13(20-12)18-7-8-9(22)4-3-5-10(8)23/h3-6,22-23H,7H2,1-2H3,(H,18,19,20). The third-order valence-corrected chi connectivity index (χ3v) is 3.01. The average molecular weight is 328 g/mol. The highest BCUT2D eigenvalue weighted by atomic mass is 19.4. The van der Waals surface area contributed by atoms with E-state index in [0.29, 0.717) is 0 Å². The van der Waals surface area contributed by atoms with Gasteiger partial charge >= 0.3 is 6.18 Å². The molecule has 9 heteroatoms. The number of phenols is 2. The SMILES string of the molecule is CN(C)c1cc(C(F)(F)F)nc(NCc2c(O)cccc2O)n1. The second-order valence-electron chi connectivity index (χ2n) is 4.96. The van der Waals surface area contributed by atoms with Gasteiger partial charge in [0.05, 0.1) is 12.1 Å². The molecule has 0 aliphatic heterocycles. The zero-order valence-corrected chi connectivity index (χ0v) is 12.4. The van der Waals surface area contributed by atoms with Crippen molar-refractivity contribution in [3.8, 4) is 11.5 Å². The summed E-state index contributed by atoms with van der Waals surface area (Å²) >= 11 is 0. The molecule has 124 valence electrons. The Labute approximate surface area is 130 Å². The number of hydrogen-bond donors (Lipinski definition) is 3. The number of nitrogens with zero attached hydrogens (tertiary/aromatic N) is 3. The summed E-state index contributed by atoms with van der Waals surface area (Å²) in [5, 5.41) is 21.9. The number of rotatable bonds is 4. The van der Waals surface area contributed by atoms with E-state index < -0.39 is 11.9 Å². The lowest BCUT2D eigenvalue weighted by atomic mass is 10.2. The van der Waals surface area contributed by atoms with E-state index >= 15 is 0 Å². The average Bonchev–Trinajstić information content (AvgIpc) is 2.45. The molecule has 0 aliphatic rings. The fourth-order valence-electron chi connectivity index (χ4n) is 1.80. The molecule has 2 aromatic rings. The second kappa shape index (κ2) is 6.19. The van der Waals surface area contributed by atoms with Crippen molar-refractivity contribution in [2.75, 3.05) is 24.3 Å². The van der Waals surface area contributed by atoms with Crippen LogP contribution in [0.1, 0.15) is 11.3 Å². The first kappa shape index (κ1) is 16.7. The maximum atomic E-state index is 12.9. The van der Waals surface area contributed by atoms with Gasteiger partial charge in [0.15, 0.2) is 5.69 Å². The van der Waals surface area contributed by atoms with Crippen molar-refractivity contribution >= 4 is 11.8 Å². The molecule has 0 radical (unpaired) electrons. The Morgan fingerprint density at radius 3 is 2.26 bits per heavy atom. The number of hydrogen-bond acceptors (Lipinski definition) is 6. The quantitative estimate of drug-likeness (QED) is 0.800. The molecule has 23 heavy (non-hydrogen) atoms. The zero-order valence-electron chi connectivity index (χ0n) is 12.4. The Bertz CT molecular complexity index is 685. The summed E-state index contributed by atoms with van der Waals surface area (Å²) in [5.41, 5.74) is -0.944. The Hall–Kier alpha value is -2.71. The van der Waals surface area contributed by atoms with E-state index in [4.69, 9.17) is 0 Å². The van der Waals surface area contributed by atoms with Crippen LogP contribution in [0.15, 0.2) is 24.3 Å². The van der Waals surface area contributed by atoms with Crippen LogP contribution in [0, 0.1) is 0 Å². The lowest BCUT2D eigenvalue weighted by Gasteiger charge is -2.16. The van der Waals surface area contributed by atoms with Gasteiger partial charge in [-0.25, -0.2) is 4.98 Å². The van der Waals surface area contributed by atoms with E-state index in [-0.39, 0.29) is 35.4 Å². The first-order valence-corrected chi connectivity index (χ1v) is 6.56. The van der Waals surface area contributed by atoms with E-state index in [1.54, 1.807) is 14.1 Å². The number of anilines is 2. The van der Waals surface area contributed by atoms with E-state index in [2.05, 4.69) is 15.3 Å². The molecular weight excluding hydrogens is 313 g/mol. The summed E-state index contributed by atoms with van der Waals surface area (Å²) < 4.78 is 38.7. The Morgan fingerprint density at radius 2 is 1.74 bits per heavy atom. The molecule has 6 nitrogen and oxygen atoms in total. The third-order valence-electron chi connectivity index (χ3n) is 3.01. The summed E-state index contributed by atoms with van der Waals surface area (Å²) in [7, 11) is 3.11. The smallest absolute Gasteiger partial charge is 0.433 e. The molecule has 0 atom stereocenters. The molecule has 0 fully saturated rings. The van der Waals surface area contributed by atoms with Crippen LogP contribution < -0.4 is 10.2 Å². The van der Waals surface area contributed by atoms with Crippen molar-refractivity contribution < 1.29 is 23.4 Å². The Balaban J connectivity index is 2.31. The van der Waals surface area contributed by atoms with Crippen molar-refractivity contribution in [1.29, 1.82) is 0 Å². The number of aromatic nitrogens is 2. The minimum absolute atomic E-state index is 0.0799. The Kier molecular flexibility index (Phi) is 4.48. The number of nitrogens with one attached hydrogen (secondary N) is 1. The first-order chi connectivity index (χ1) is 10.7. The molecule has 0 amide bonds. The van der Waals surface area contributed by atoms with Gasteiger partial charge in [-0.3, -0.25) is 0 Å². The molecule has 0 saturated carbocycles. The number of benzene rings is 1. The van der Waals surface area contributed by atoms with Gasteiger partial charge in [-0.15, -0.1) is 0 Å². The number of phenolic OH excluding ortho intramolecular Hbond substituents is 2. The van der Waals surface area contributed by atoms with Gasteiger partial charge in [-0.05, 0) is 12.1 Å². The molecule has 1 heterocycles. The van der Waals surface area contributed by atoms with E-state index in [1.165, 1.54) is 23.1 Å². The Morgan fingerprint density at radius 1 is 1.13 bits per heavy atom. The minimum atomic E-state index is -4.61. The molecule has 0 bridgehead atoms. The first-order valence-electron chi connectivity index (χ1n) is 6.56. The third kappa shape index (κ3) is 3.93. The highest BCUT2D eigenvalue weighted by Crippen LogP contribution is 2.31. The van der Waals surface area contributed by atoms with Crippen molar-refractivity contribution in [1.82, 2.24) is 9.97 Å². The normalized spacial score (nSPS) is 11.3. The highest BCUT2D eigenvalue weighted by molar-refractivity contribution is 5.47. The maximum Gasteiger partial charge on any atom is 0.433 e. The van der Waals surface area contributed by atoms with E-state index in [0.717, 1.165) is 6.07 Å². The van der Waals surface area contributed by atoms with Gasteiger partial charge in [0, 0.05) is 20.2 Å². The molecule has 0 spiro atoms. The lowest BCUT2D eigenvalue weighted by molar-refractivity contribution is -0.141. The molecule has 1 aromatic carbocycles. The van der Waals surface area contributed by atoms with Crippen molar-refractivity contribution in [3.63, 3.8) is 0 Å². The van der Waals surface area contributed by atoms with Gasteiger partial charge in [0.1, 0.15) is 17.3 Å².